The average molecular weight is 251 g/mol. The Hall–Kier alpha value is -2.04. The summed E-state index contributed by atoms with van der Waals surface area (Å²) in [6.45, 7) is 4.12. The molecule has 1 aromatic rings. The SMILES string of the molecule is CCCNC(=O)COc1cccc(C(=O)O)c1C. The van der Waals surface area contributed by atoms with Crippen molar-refractivity contribution in [2.24, 2.45) is 0 Å². The van der Waals surface area contributed by atoms with Gasteiger partial charge in [0.2, 0.25) is 0 Å². The normalized spacial score (nSPS) is 9.89. The van der Waals surface area contributed by atoms with Crippen molar-refractivity contribution in [3.63, 3.8) is 0 Å². The molecule has 0 aromatic heterocycles. The van der Waals surface area contributed by atoms with Gasteiger partial charge in [0, 0.05) is 12.1 Å². The van der Waals surface area contributed by atoms with Crippen LogP contribution in [-0.4, -0.2) is 30.1 Å². The number of rotatable bonds is 6. The molecule has 0 unspecified atom stereocenters. The standard InChI is InChI=1S/C13H17NO4/c1-3-7-14-12(15)8-18-11-6-4-5-10(9(11)2)13(16)17/h4-6H,3,7-8H2,1-2H3,(H,14,15)(H,16,17). The largest absolute Gasteiger partial charge is 0.483 e. The Morgan fingerprint density at radius 3 is 2.72 bits per heavy atom. The van der Waals surface area contributed by atoms with Gasteiger partial charge >= 0.3 is 5.97 Å². The first-order chi connectivity index (χ1) is 8.56. The molecule has 0 bridgehead atoms. The highest BCUT2D eigenvalue weighted by atomic mass is 16.5. The van der Waals surface area contributed by atoms with E-state index in [9.17, 15) is 9.59 Å². The summed E-state index contributed by atoms with van der Waals surface area (Å²) in [7, 11) is 0. The molecule has 5 heteroatoms. The van der Waals surface area contributed by atoms with E-state index in [2.05, 4.69) is 5.32 Å². The second kappa shape index (κ2) is 6.64. The molecule has 0 saturated heterocycles. The minimum atomic E-state index is -1.01. The summed E-state index contributed by atoms with van der Waals surface area (Å²) in [5.41, 5.74) is 0.703. The van der Waals surface area contributed by atoms with Gasteiger partial charge in [0.15, 0.2) is 6.61 Å². The van der Waals surface area contributed by atoms with Crippen LogP contribution in [0.4, 0.5) is 0 Å². The third-order valence-electron chi connectivity index (χ3n) is 2.45. The lowest BCUT2D eigenvalue weighted by atomic mass is 10.1. The predicted molar refractivity (Wildman–Crippen MR) is 66.9 cm³/mol. The molecule has 5 nitrogen and oxygen atoms in total. The lowest BCUT2D eigenvalue weighted by molar-refractivity contribution is -0.123. The van der Waals surface area contributed by atoms with E-state index in [0.717, 1.165) is 6.42 Å². The van der Waals surface area contributed by atoms with Crippen molar-refractivity contribution in [3.05, 3.63) is 29.3 Å². The first-order valence-corrected chi connectivity index (χ1v) is 5.78. The van der Waals surface area contributed by atoms with Gasteiger partial charge in [-0.2, -0.15) is 0 Å². The van der Waals surface area contributed by atoms with Gasteiger partial charge in [-0.3, -0.25) is 4.79 Å². The summed E-state index contributed by atoms with van der Waals surface area (Å²) in [6.07, 6.45) is 0.860. The van der Waals surface area contributed by atoms with E-state index in [1.165, 1.54) is 6.07 Å². The van der Waals surface area contributed by atoms with E-state index >= 15 is 0 Å². The Morgan fingerprint density at radius 1 is 1.39 bits per heavy atom. The summed E-state index contributed by atoms with van der Waals surface area (Å²) >= 11 is 0. The summed E-state index contributed by atoms with van der Waals surface area (Å²) in [5, 5.41) is 11.6. The van der Waals surface area contributed by atoms with Crippen molar-refractivity contribution in [2.45, 2.75) is 20.3 Å². The van der Waals surface area contributed by atoms with Gasteiger partial charge in [0.25, 0.3) is 5.91 Å². The van der Waals surface area contributed by atoms with Gasteiger partial charge in [-0.25, -0.2) is 4.79 Å². The number of aromatic carboxylic acids is 1. The van der Waals surface area contributed by atoms with Crippen molar-refractivity contribution in [2.75, 3.05) is 13.2 Å². The van der Waals surface area contributed by atoms with Gasteiger partial charge < -0.3 is 15.2 Å². The zero-order chi connectivity index (χ0) is 13.5. The van der Waals surface area contributed by atoms with Crippen LogP contribution in [0.15, 0.2) is 18.2 Å². The van der Waals surface area contributed by atoms with Gasteiger partial charge in [0.05, 0.1) is 5.56 Å². The molecule has 0 heterocycles. The Bertz CT molecular complexity index is 443. The fourth-order valence-electron chi connectivity index (χ4n) is 1.46. The number of benzene rings is 1. The quantitative estimate of drug-likeness (QED) is 0.805. The number of hydrogen-bond donors (Lipinski definition) is 2. The van der Waals surface area contributed by atoms with E-state index in [1.54, 1.807) is 19.1 Å². The first-order valence-electron chi connectivity index (χ1n) is 5.78. The molecule has 0 fully saturated rings. The highest BCUT2D eigenvalue weighted by molar-refractivity contribution is 5.90. The maximum atomic E-state index is 11.4. The van der Waals surface area contributed by atoms with Crippen LogP contribution < -0.4 is 10.1 Å². The molecule has 18 heavy (non-hydrogen) atoms. The number of nitrogens with one attached hydrogen (secondary N) is 1. The van der Waals surface area contributed by atoms with E-state index in [4.69, 9.17) is 9.84 Å². The molecule has 0 saturated carbocycles. The van der Waals surface area contributed by atoms with Crippen LogP contribution in [0.3, 0.4) is 0 Å². The van der Waals surface area contributed by atoms with Crippen molar-refractivity contribution in [1.29, 1.82) is 0 Å². The molecule has 0 spiro atoms. The lowest BCUT2D eigenvalue weighted by Crippen LogP contribution is -2.29. The molecule has 1 amide bonds. The molecular weight excluding hydrogens is 234 g/mol. The molecule has 0 radical (unpaired) electrons. The average Bonchev–Trinajstić information content (AvgIpc) is 2.34. The monoisotopic (exact) mass is 251 g/mol. The van der Waals surface area contributed by atoms with E-state index in [1.807, 2.05) is 6.92 Å². The molecule has 98 valence electrons. The molecule has 0 atom stereocenters. The summed E-state index contributed by atoms with van der Waals surface area (Å²) in [4.78, 5) is 22.3. The first kappa shape index (κ1) is 14.0. The summed E-state index contributed by atoms with van der Waals surface area (Å²) in [5.74, 6) is -0.799. The molecule has 1 rings (SSSR count). The van der Waals surface area contributed by atoms with Gasteiger partial charge in [-0.05, 0) is 25.5 Å². The second-order valence-electron chi connectivity index (χ2n) is 3.87. The topological polar surface area (TPSA) is 75.6 Å². The highest BCUT2D eigenvalue weighted by Crippen LogP contribution is 2.21. The predicted octanol–water partition coefficient (Wildman–Crippen LogP) is 1.60. The zero-order valence-corrected chi connectivity index (χ0v) is 10.5. The van der Waals surface area contributed by atoms with Crippen molar-refractivity contribution < 1.29 is 19.4 Å². The number of carboxylic acid groups (broad SMARTS) is 1. The molecule has 0 aliphatic rings. The Kier molecular flexibility index (Phi) is 5.17. The maximum absolute atomic E-state index is 11.4. The fraction of sp³-hybridized carbons (Fsp3) is 0.385. The molecule has 1 aromatic carbocycles. The number of amides is 1. The third kappa shape index (κ3) is 3.76. The second-order valence-corrected chi connectivity index (χ2v) is 3.87. The van der Waals surface area contributed by atoms with Crippen LogP contribution in [0, 0.1) is 6.92 Å². The van der Waals surface area contributed by atoms with Crippen molar-refractivity contribution in [1.82, 2.24) is 5.32 Å². The van der Waals surface area contributed by atoms with Gasteiger partial charge in [0.1, 0.15) is 5.75 Å². The Morgan fingerprint density at radius 2 is 2.11 bits per heavy atom. The third-order valence-corrected chi connectivity index (χ3v) is 2.45. The van der Waals surface area contributed by atoms with Crippen molar-refractivity contribution >= 4 is 11.9 Å². The van der Waals surface area contributed by atoms with Crippen LogP contribution in [0.2, 0.25) is 0 Å². The van der Waals surface area contributed by atoms with Crippen LogP contribution in [0.25, 0.3) is 0 Å². The molecule has 0 aliphatic heterocycles. The Balaban J connectivity index is 2.65. The summed E-state index contributed by atoms with van der Waals surface area (Å²) in [6, 6.07) is 4.74. The van der Waals surface area contributed by atoms with Gasteiger partial charge in [-0.1, -0.05) is 13.0 Å². The van der Waals surface area contributed by atoms with Crippen LogP contribution in [-0.2, 0) is 4.79 Å². The van der Waals surface area contributed by atoms with Crippen molar-refractivity contribution in [3.8, 4) is 5.75 Å². The van der Waals surface area contributed by atoms with Crippen LogP contribution in [0.1, 0.15) is 29.3 Å². The minimum absolute atomic E-state index is 0.107. The number of carbonyl (C=O) groups is 2. The number of carbonyl (C=O) groups excluding carboxylic acids is 1. The smallest absolute Gasteiger partial charge is 0.336 e. The maximum Gasteiger partial charge on any atom is 0.336 e. The van der Waals surface area contributed by atoms with E-state index in [0.29, 0.717) is 17.9 Å². The molecular formula is C13H17NO4. The molecule has 0 aliphatic carbocycles. The minimum Gasteiger partial charge on any atom is -0.483 e. The zero-order valence-electron chi connectivity index (χ0n) is 10.5. The van der Waals surface area contributed by atoms with E-state index < -0.39 is 5.97 Å². The lowest BCUT2D eigenvalue weighted by Gasteiger charge is -2.10. The van der Waals surface area contributed by atoms with Gasteiger partial charge in [-0.15, -0.1) is 0 Å². The number of ether oxygens (including phenoxy) is 1. The number of carboxylic acids is 1. The Labute approximate surface area is 106 Å². The summed E-state index contributed by atoms with van der Waals surface area (Å²) < 4.78 is 5.31. The fourth-order valence-corrected chi connectivity index (χ4v) is 1.46. The van der Waals surface area contributed by atoms with E-state index in [-0.39, 0.29) is 18.1 Å². The highest BCUT2D eigenvalue weighted by Gasteiger charge is 2.11. The number of hydrogen-bond acceptors (Lipinski definition) is 3. The van der Waals surface area contributed by atoms with Crippen LogP contribution >= 0.6 is 0 Å². The van der Waals surface area contributed by atoms with Crippen LogP contribution in [0.5, 0.6) is 5.75 Å². The molecule has 2 N–H and O–H groups in total.